The van der Waals surface area contributed by atoms with E-state index in [-0.39, 0.29) is 11.7 Å². The average Bonchev–Trinajstić information content (AvgIpc) is 3.20. The SMILES string of the molecule is COc1cc(F)c(F)cc1-c1ccnc2[nH]c(C3=CCN(CC(=O)N(C)C)CC3)cc12. The zero-order chi connectivity index (χ0) is 22.1. The molecule has 1 N–H and O–H groups in total. The van der Waals surface area contributed by atoms with Crippen LogP contribution >= 0.6 is 0 Å². The van der Waals surface area contributed by atoms with Crippen LogP contribution in [0.5, 0.6) is 5.75 Å². The van der Waals surface area contributed by atoms with Crippen molar-refractivity contribution in [2.45, 2.75) is 6.42 Å². The summed E-state index contributed by atoms with van der Waals surface area (Å²) in [7, 11) is 4.94. The molecular weight excluding hydrogens is 402 g/mol. The van der Waals surface area contributed by atoms with E-state index in [1.807, 2.05) is 6.07 Å². The predicted octanol–water partition coefficient (Wildman–Crippen LogP) is 3.69. The normalized spacial score (nSPS) is 14.5. The maximum atomic E-state index is 14.0. The number of likely N-dealkylation sites (N-methyl/N-ethyl adjacent to an activating group) is 1. The fourth-order valence-electron chi connectivity index (χ4n) is 3.77. The van der Waals surface area contributed by atoms with Gasteiger partial charge in [0.05, 0.1) is 13.7 Å². The van der Waals surface area contributed by atoms with Gasteiger partial charge in [-0.15, -0.1) is 0 Å². The van der Waals surface area contributed by atoms with Gasteiger partial charge in [0.2, 0.25) is 5.91 Å². The van der Waals surface area contributed by atoms with Gasteiger partial charge in [-0.2, -0.15) is 0 Å². The molecule has 1 aliphatic rings. The van der Waals surface area contributed by atoms with Crippen LogP contribution in [0.1, 0.15) is 12.1 Å². The molecule has 2 aromatic heterocycles. The minimum atomic E-state index is -0.953. The molecule has 0 fully saturated rings. The van der Waals surface area contributed by atoms with Crippen molar-refractivity contribution >= 4 is 22.5 Å². The third kappa shape index (κ3) is 4.16. The number of carbonyl (C=O) groups excluding carboxylic acids is 1. The maximum Gasteiger partial charge on any atom is 0.236 e. The Kier molecular flexibility index (Phi) is 5.73. The molecule has 31 heavy (non-hydrogen) atoms. The van der Waals surface area contributed by atoms with E-state index in [9.17, 15) is 13.6 Å². The van der Waals surface area contributed by atoms with E-state index in [4.69, 9.17) is 4.74 Å². The Labute approximate surface area is 179 Å². The molecule has 0 atom stereocenters. The number of amides is 1. The Morgan fingerprint density at radius 3 is 2.68 bits per heavy atom. The summed E-state index contributed by atoms with van der Waals surface area (Å²) in [5.74, 6) is -1.55. The fraction of sp³-hybridized carbons (Fsp3) is 0.304. The van der Waals surface area contributed by atoms with E-state index < -0.39 is 11.6 Å². The lowest BCUT2D eigenvalue weighted by Gasteiger charge is -2.26. The number of halogens is 2. The molecule has 1 aromatic carbocycles. The van der Waals surface area contributed by atoms with Crippen LogP contribution in [-0.2, 0) is 4.79 Å². The number of carbonyl (C=O) groups is 1. The minimum absolute atomic E-state index is 0.0804. The molecule has 0 radical (unpaired) electrons. The van der Waals surface area contributed by atoms with Crippen molar-refractivity contribution in [3.63, 3.8) is 0 Å². The maximum absolute atomic E-state index is 14.0. The number of aromatic nitrogens is 2. The van der Waals surface area contributed by atoms with Gasteiger partial charge in [-0.05, 0) is 35.8 Å². The van der Waals surface area contributed by atoms with Crippen molar-refractivity contribution in [2.75, 3.05) is 40.8 Å². The number of methoxy groups -OCH3 is 1. The van der Waals surface area contributed by atoms with Gasteiger partial charge in [0, 0.05) is 56.1 Å². The number of pyridine rings is 1. The Balaban J connectivity index is 1.66. The van der Waals surface area contributed by atoms with Crippen LogP contribution in [0.3, 0.4) is 0 Å². The molecule has 0 spiro atoms. The number of nitrogens with one attached hydrogen (secondary N) is 1. The molecule has 3 heterocycles. The van der Waals surface area contributed by atoms with E-state index in [1.54, 1.807) is 31.3 Å². The zero-order valence-corrected chi connectivity index (χ0v) is 17.7. The molecule has 4 rings (SSSR count). The summed E-state index contributed by atoms with van der Waals surface area (Å²) in [6.07, 6.45) is 4.52. The van der Waals surface area contributed by atoms with Crippen molar-refractivity contribution in [2.24, 2.45) is 0 Å². The van der Waals surface area contributed by atoms with Crippen LogP contribution in [0.2, 0.25) is 0 Å². The van der Waals surface area contributed by atoms with Gasteiger partial charge in [-0.3, -0.25) is 9.69 Å². The number of benzene rings is 1. The average molecular weight is 426 g/mol. The molecule has 1 amide bonds. The van der Waals surface area contributed by atoms with Gasteiger partial charge < -0.3 is 14.6 Å². The molecule has 8 heteroatoms. The number of hydrogen-bond acceptors (Lipinski definition) is 4. The number of H-pyrrole nitrogens is 1. The second kappa shape index (κ2) is 8.47. The molecular formula is C23H24F2N4O2. The van der Waals surface area contributed by atoms with E-state index >= 15 is 0 Å². The predicted molar refractivity (Wildman–Crippen MR) is 116 cm³/mol. The molecule has 3 aromatic rings. The van der Waals surface area contributed by atoms with Crippen molar-refractivity contribution in [1.82, 2.24) is 19.8 Å². The van der Waals surface area contributed by atoms with Crippen molar-refractivity contribution in [3.05, 3.63) is 53.9 Å². The monoisotopic (exact) mass is 426 g/mol. The Morgan fingerprint density at radius 1 is 1.23 bits per heavy atom. The molecule has 6 nitrogen and oxygen atoms in total. The number of aromatic amines is 1. The van der Waals surface area contributed by atoms with Crippen LogP contribution in [0.15, 0.2) is 36.5 Å². The molecule has 162 valence electrons. The summed E-state index contributed by atoms with van der Waals surface area (Å²) in [5.41, 5.74) is 3.89. The quantitative estimate of drug-likeness (QED) is 0.676. The summed E-state index contributed by atoms with van der Waals surface area (Å²) in [6.45, 7) is 1.85. The van der Waals surface area contributed by atoms with E-state index in [2.05, 4.69) is 20.9 Å². The highest BCUT2D eigenvalue weighted by atomic mass is 19.2. The van der Waals surface area contributed by atoms with Crippen LogP contribution in [-0.4, -0.2) is 66.5 Å². The summed E-state index contributed by atoms with van der Waals surface area (Å²) in [5, 5.41) is 0.799. The Hall–Kier alpha value is -3.26. The van der Waals surface area contributed by atoms with Crippen molar-refractivity contribution < 1.29 is 18.3 Å². The van der Waals surface area contributed by atoms with Gasteiger partial charge in [0.25, 0.3) is 0 Å². The number of nitrogens with zero attached hydrogens (tertiary/aromatic N) is 3. The van der Waals surface area contributed by atoms with Crippen LogP contribution in [0.25, 0.3) is 27.7 Å². The standard InChI is InChI=1S/C23H24F2N4O2/c1-28(2)22(30)13-29-8-5-14(6-9-29)20-11-17-15(4-7-26-23(17)27-20)16-10-18(24)19(25)12-21(16)31-3/h4-5,7,10-12H,6,8-9,13H2,1-3H3,(H,26,27). The first-order valence-electron chi connectivity index (χ1n) is 10.0. The van der Waals surface area contributed by atoms with Gasteiger partial charge in [0.1, 0.15) is 11.4 Å². The van der Waals surface area contributed by atoms with Crippen molar-refractivity contribution in [1.29, 1.82) is 0 Å². The lowest BCUT2D eigenvalue weighted by molar-refractivity contribution is -0.129. The molecule has 0 saturated carbocycles. The third-order valence-corrected chi connectivity index (χ3v) is 5.56. The highest BCUT2D eigenvalue weighted by Gasteiger charge is 2.20. The number of ether oxygens (including phenoxy) is 1. The topological polar surface area (TPSA) is 61.5 Å². The van der Waals surface area contributed by atoms with Gasteiger partial charge in [-0.1, -0.05) is 6.08 Å². The first-order chi connectivity index (χ1) is 14.9. The second-order valence-electron chi connectivity index (χ2n) is 7.77. The highest BCUT2D eigenvalue weighted by molar-refractivity contribution is 5.96. The zero-order valence-electron chi connectivity index (χ0n) is 17.7. The molecule has 0 unspecified atom stereocenters. The molecule has 1 aliphatic heterocycles. The van der Waals surface area contributed by atoms with E-state index in [1.165, 1.54) is 7.11 Å². The third-order valence-electron chi connectivity index (χ3n) is 5.56. The summed E-state index contributed by atoms with van der Waals surface area (Å²) in [6, 6.07) is 5.94. The number of rotatable bonds is 5. The smallest absolute Gasteiger partial charge is 0.236 e. The number of hydrogen-bond donors (Lipinski definition) is 1. The molecule has 0 aliphatic carbocycles. The first-order valence-corrected chi connectivity index (χ1v) is 10.0. The molecule has 0 bridgehead atoms. The van der Waals surface area contributed by atoms with E-state index in [0.29, 0.717) is 29.9 Å². The van der Waals surface area contributed by atoms with Crippen LogP contribution in [0, 0.1) is 11.6 Å². The Morgan fingerprint density at radius 2 is 2.00 bits per heavy atom. The fourth-order valence-corrected chi connectivity index (χ4v) is 3.77. The highest BCUT2D eigenvalue weighted by Crippen LogP contribution is 2.37. The van der Waals surface area contributed by atoms with Crippen LogP contribution < -0.4 is 4.74 Å². The lowest BCUT2D eigenvalue weighted by atomic mass is 10.0. The number of fused-ring (bicyclic) bond motifs is 1. The second-order valence-corrected chi connectivity index (χ2v) is 7.77. The summed E-state index contributed by atoms with van der Waals surface area (Å²) in [4.78, 5) is 23.4. The van der Waals surface area contributed by atoms with Gasteiger partial charge in [0.15, 0.2) is 11.6 Å². The Bertz CT molecular complexity index is 1170. The minimum Gasteiger partial charge on any atom is -0.496 e. The van der Waals surface area contributed by atoms with Crippen LogP contribution in [0.4, 0.5) is 8.78 Å². The van der Waals surface area contributed by atoms with E-state index in [0.717, 1.165) is 41.8 Å². The van der Waals surface area contributed by atoms with Gasteiger partial charge in [-0.25, -0.2) is 13.8 Å². The first kappa shape index (κ1) is 21.0. The lowest BCUT2D eigenvalue weighted by Crippen LogP contribution is -2.38. The van der Waals surface area contributed by atoms with Crippen molar-refractivity contribution in [3.8, 4) is 16.9 Å². The summed E-state index contributed by atoms with van der Waals surface area (Å²) < 4.78 is 32.9. The largest absolute Gasteiger partial charge is 0.496 e. The molecule has 0 saturated heterocycles. The van der Waals surface area contributed by atoms with Gasteiger partial charge >= 0.3 is 0 Å². The summed E-state index contributed by atoms with van der Waals surface area (Å²) >= 11 is 0.